The molecule has 2 saturated carbocycles. The van der Waals surface area contributed by atoms with Crippen molar-refractivity contribution in [3.8, 4) is 0 Å². The SMILES string of the molecule is C=C1[C@@H]([C@@]2(C)C=CC(=O)C(C)(C)[C@@H]2CC(=O)OC)[C@@H](OC(C)=O)[C@H](OC(=O)[C@H](C)CC)[C@@]2(C)[C@H](C3=CC(=O)O[C@H]3O)C[C@H]3O[C@]132. The summed E-state index contributed by atoms with van der Waals surface area (Å²) in [5.74, 6) is -4.99. The summed E-state index contributed by atoms with van der Waals surface area (Å²) >= 11 is 0. The zero-order valence-corrected chi connectivity index (χ0v) is 27.2. The van der Waals surface area contributed by atoms with E-state index in [1.54, 1.807) is 26.8 Å². The minimum Gasteiger partial charge on any atom is -0.469 e. The van der Waals surface area contributed by atoms with Crippen LogP contribution >= 0.6 is 0 Å². The minimum atomic E-state index is -1.49. The van der Waals surface area contributed by atoms with E-state index in [9.17, 15) is 29.1 Å². The molecule has 2 aliphatic heterocycles. The number of carbonyl (C=O) groups excluding carboxylic acids is 5. The van der Waals surface area contributed by atoms with E-state index in [2.05, 4.69) is 6.58 Å². The number of cyclic esters (lactones) is 1. The fraction of sp³-hybridized carbons (Fsp3) is 0.676. The molecule has 3 fully saturated rings. The Balaban J connectivity index is 1.74. The van der Waals surface area contributed by atoms with Gasteiger partial charge in [0.25, 0.3) is 0 Å². The number of methoxy groups -OCH3 is 1. The van der Waals surface area contributed by atoms with Crippen molar-refractivity contribution in [1.29, 1.82) is 0 Å². The molecule has 0 aromatic rings. The lowest BCUT2D eigenvalue weighted by atomic mass is 9.46. The van der Waals surface area contributed by atoms with Gasteiger partial charge in [-0.1, -0.05) is 54.2 Å². The first kappa shape index (κ1) is 33.1. The molecule has 5 rings (SSSR count). The van der Waals surface area contributed by atoms with Crippen LogP contribution in [0.1, 0.15) is 67.7 Å². The number of hydrogen-bond donors (Lipinski definition) is 1. The summed E-state index contributed by atoms with van der Waals surface area (Å²) in [6, 6.07) is 0. The number of hydrogen-bond acceptors (Lipinski definition) is 11. The smallest absolute Gasteiger partial charge is 0.333 e. The predicted octanol–water partition coefficient (Wildman–Crippen LogP) is 3.38. The van der Waals surface area contributed by atoms with Crippen LogP contribution in [0.5, 0.6) is 0 Å². The first-order chi connectivity index (χ1) is 20.9. The summed E-state index contributed by atoms with van der Waals surface area (Å²) in [6.07, 6.45) is 1.04. The van der Waals surface area contributed by atoms with E-state index in [4.69, 9.17) is 23.7 Å². The first-order valence-corrected chi connectivity index (χ1v) is 15.6. The number of ketones is 1. The summed E-state index contributed by atoms with van der Waals surface area (Å²) < 4.78 is 29.1. The largest absolute Gasteiger partial charge is 0.469 e. The van der Waals surface area contributed by atoms with Gasteiger partial charge in [-0.2, -0.15) is 0 Å². The number of epoxide rings is 1. The van der Waals surface area contributed by atoms with Crippen molar-refractivity contribution in [2.45, 2.75) is 97.9 Å². The maximum atomic E-state index is 13.6. The topological polar surface area (TPSA) is 155 Å². The molecule has 5 aliphatic rings. The lowest BCUT2D eigenvalue weighted by Crippen LogP contribution is -2.67. The van der Waals surface area contributed by atoms with E-state index in [0.717, 1.165) is 0 Å². The Morgan fingerprint density at radius 1 is 1.16 bits per heavy atom. The van der Waals surface area contributed by atoms with Gasteiger partial charge in [-0.05, 0) is 30.4 Å². The van der Waals surface area contributed by atoms with Crippen LogP contribution in [0, 0.1) is 39.9 Å². The molecule has 246 valence electrons. The number of esters is 4. The third-order valence-electron chi connectivity index (χ3n) is 11.6. The lowest BCUT2D eigenvalue weighted by Gasteiger charge is -2.59. The van der Waals surface area contributed by atoms with Gasteiger partial charge in [0.2, 0.25) is 6.29 Å². The van der Waals surface area contributed by atoms with Crippen LogP contribution < -0.4 is 0 Å². The molecule has 1 spiro atoms. The van der Waals surface area contributed by atoms with Gasteiger partial charge < -0.3 is 28.8 Å². The van der Waals surface area contributed by atoms with Crippen molar-refractivity contribution in [2.75, 3.05) is 7.11 Å². The summed E-state index contributed by atoms with van der Waals surface area (Å²) in [4.78, 5) is 64.8. The van der Waals surface area contributed by atoms with Crippen molar-refractivity contribution in [3.05, 3.63) is 36.0 Å². The maximum Gasteiger partial charge on any atom is 0.333 e. The highest BCUT2D eigenvalue weighted by Gasteiger charge is 2.84. The molecule has 11 heteroatoms. The molecule has 0 unspecified atom stereocenters. The van der Waals surface area contributed by atoms with E-state index in [1.807, 2.05) is 20.8 Å². The second-order valence-electron chi connectivity index (χ2n) is 14.2. The Bertz CT molecular complexity index is 1410. The fourth-order valence-corrected chi connectivity index (χ4v) is 8.98. The number of rotatable bonds is 8. The summed E-state index contributed by atoms with van der Waals surface area (Å²) in [6.45, 7) is 16.7. The maximum absolute atomic E-state index is 13.6. The average Bonchev–Trinajstić information content (AvgIpc) is 3.52. The van der Waals surface area contributed by atoms with E-state index < -0.39 is 94.0 Å². The van der Waals surface area contributed by atoms with E-state index in [-0.39, 0.29) is 12.2 Å². The molecule has 2 heterocycles. The van der Waals surface area contributed by atoms with Crippen LogP contribution in [-0.4, -0.2) is 72.1 Å². The zero-order valence-electron chi connectivity index (χ0n) is 27.2. The normalized spacial score (nSPS) is 41.8. The van der Waals surface area contributed by atoms with Gasteiger partial charge in [-0.3, -0.25) is 19.2 Å². The van der Waals surface area contributed by atoms with Crippen LogP contribution in [0.4, 0.5) is 0 Å². The molecule has 0 aromatic carbocycles. The van der Waals surface area contributed by atoms with Crippen molar-refractivity contribution >= 4 is 29.7 Å². The van der Waals surface area contributed by atoms with Crippen LogP contribution in [0.2, 0.25) is 0 Å². The summed E-state index contributed by atoms with van der Waals surface area (Å²) in [7, 11) is 1.28. The standard InChI is InChI=1S/C34H44O11/c1-10-16(2)29(39)44-28-27(42-18(4)35)26(32(7)12-11-22(36)31(5,6)21(32)15-24(37)41-9)17(3)34-23(45-34)14-20(33(28,34)8)19-13-25(38)43-30(19)40/h11-13,16,20-21,23,26-28,30,40H,3,10,14-15H2,1-2,4-9H3/t16-,20+,21+,23-,26-,27-,28+,30-,32+,33-,34-/m1/s1. The third-order valence-corrected chi connectivity index (χ3v) is 11.6. The molecule has 0 aromatic heterocycles. The zero-order chi connectivity index (χ0) is 33.4. The van der Waals surface area contributed by atoms with E-state index >= 15 is 0 Å². The number of ether oxygens (including phenoxy) is 5. The van der Waals surface area contributed by atoms with Crippen molar-refractivity contribution in [3.63, 3.8) is 0 Å². The summed E-state index contributed by atoms with van der Waals surface area (Å²) in [5, 5.41) is 10.8. The molecular weight excluding hydrogens is 584 g/mol. The second kappa shape index (κ2) is 10.9. The third kappa shape index (κ3) is 4.63. The molecule has 1 N–H and O–H groups in total. The molecule has 3 aliphatic carbocycles. The van der Waals surface area contributed by atoms with Crippen LogP contribution in [0.3, 0.4) is 0 Å². The highest BCUT2D eigenvalue weighted by molar-refractivity contribution is 5.96. The molecule has 1 saturated heterocycles. The molecule has 11 nitrogen and oxygen atoms in total. The van der Waals surface area contributed by atoms with Gasteiger partial charge in [-0.25, -0.2) is 4.79 Å². The quantitative estimate of drug-likeness (QED) is 0.182. The average molecular weight is 629 g/mol. The van der Waals surface area contributed by atoms with Crippen molar-refractivity contribution < 1.29 is 52.8 Å². The first-order valence-electron chi connectivity index (χ1n) is 15.6. The highest BCUT2D eigenvalue weighted by Crippen LogP contribution is 2.76. The molecule has 11 atom stereocenters. The van der Waals surface area contributed by atoms with Crippen LogP contribution in [0.25, 0.3) is 0 Å². The molecule has 45 heavy (non-hydrogen) atoms. The predicted molar refractivity (Wildman–Crippen MR) is 158 cm³/mol. The van der Waals surface area contributed by atoms with Crippen molar-refractivity contribution in [2.24, 2.45) is 39.9 Å². The van der Waals surface area contributed by atoms with Gasteiger partial charge in [0, 0.05) is 41.2 Å². The van der Waals surface area contributed by atoms with Gasteiger partial charge in [0.15, 0.2) is 5.78 Å². The van der Waals surface area contributed by atoms with Crippen LogP contribution in [-0.2, 0) is 47.7 Å². The Kier molecular flexibility index (Phi) is 8.01. The molecular formula is C34H44O11. The van der Waals surface area contributed by atoms with E-state index in [1.165, 1.54) is 26.2 Å². The lowest BCUT2D eigenvalue weighted by molar-refractivity contribution is -0.213. The Morgan fingerprint density at radius 2 is 1.82 bits per heavy atom. The Hall–Kier alpha value is -3.31. The van der Waals surface area contributed by atoms with Gasteiger partial charge >= 0.3 is 23.9 Å². The van der Waals surface area contributed by atoms with Gasteiger partial charge in [-0.15, -0.1) is 0 Å². The molecule has 0 radical (unpaired) electrons. The second-order valence-corrected chi connectivity index (χ2v) is 14.2. The monoisotopic (exact) mass is 628 g/mol. The molecule has 0 bridgehead atoms. The number of allylic oxidation sites excluding steroid dienone is 2. The summed E-state index contributed by atoms with van der Waals surface area (Å²) in [5.41, 5.74) is -3.45. The Labute approximate surface area is 263 Å². The highest BCUT2D eigenvalue weighted by atomic mass is 16.6. The number of aliphatic hydroxyl groups is 1. The molecule has 0 amide bonds. The Morgan fingerprint density at radius 3 is 2.38 bits per heavy atom. The number of aliphatic hydroxyl groups excluding tert-OH is 1. The van der Waals surface area contributed by atoms with Gasteiger partial charge in [0.1, 0.15) is 17.8 Å². The van der Waals surface area contributed by atoms with Crippen LogP contribution in [0.15, 0.2) is 36.0 Å². The minimum absolute atomic E-state index is 0.111. The van der Waals surface area contributed by atoms with E-state index in [0.29, 0.717) is 24.0 Å². The van der Waals surface area contributed by atoms with Crippen molar-refractivity contribution in [1.82, 2.24) is 0 Å². The van der Waals surface area contributed by atoms with Gasteiger partial charge in [0.05, 0.1) is 31.0 Å². The number of carbonyl (C=O) groups is 5. The fourth-order valence-electron chi connectivity index (χ4n) is 8.98.